The zero-order chi connectivity index (χ0) is 14.9. The Hall–Kier alpha value is -1.77. The van der Waals surface area contributed by atoms with E-state index in [4.69, 9.17) is 5.11 Å². The van der Waals surface area contributed by atoms with Gasteiger partial charge in [-0.2, -0.15) is 0 Å². The lowest BCUT2D eigenvalue weighted by atomic mass is 10.0. The molecule has 2 aromatic rings. The lowest BCUT2D eigenvalue weighted by Crippen LogP contribution is -2.10. The summed E-state index contributed by atoms with van der Waals surface area (Å²) in [4.78, 5) is 11.1. The third kappa shape index (κ3) is 2.45. The highest BCUT2D eigenvalue weighted by Gasteiger charge is 2.15. The summed E-state index contributed by atoms with van der Waals surface area (Å²) >= 11 is 0. The second-order valence-corrected chi connectivity index (χ2v) is 5.54. The predicted molar refractivity (Wildman–Crippen MR) is 82.4 cm³/mol. The number of hydrogen-bond donors (Lipinski definition) is 1. The molecular weight excluding hydrogens is 250 g/mol. The van der Waals surface area contributed by atoms with Crippen LogP contribution in [-0.2, 0) is 6.54 Å². The first-order valence-corrected chi connectivity index (χ1v) is 7.32. The number of carboxylic acid groups (broad SMARTS) is 1. The molecule has 1 aromatic heterocycles. The molecule has 20 heavy (non-hydrogen) atoms. The molecule has 0 fully saturated rings. The fourth-order valence-electron chi connectivity index (χ4n) is 2.82. The second kappa shape index (κ2) is 5.70. The van der Waals surface area contributed by atoms with Crippen LogP contribution in [0.2, 0.25) is 0 Å². The topological polar surface area (TPSA) is 42.2 Å². The lowest BCUT2D eigenvalue weighted by Gasteiger charge is -2.16. The van der Waals surface area contributed by atoms with E-state index in [0.717, 1.165) is 17.4 Å². The molecule has 1 heterocycles. The first-order valence-electron chi connectivity index (χ1n) is 7.32. The van der Waals surface area contributed by atoms with E-state index in [0.29, 0.717) is 11.5 Å². The summed E-state index contributed by atoms with van der Waals surface area (Å²) in [6.07, 6.45) is 2.34. The Labute approximate surface area is 120 Å². The summed E-state index contributed by atoms with van der Waals surface area (Å²) in [5.74, 6) is -0.195. The first kappa shape index (κ1) is 14.6. The van der Waals surface area contributed by atoms with Crippen LogP contribution >= 0.6 is 0 Å². The summed E-state index contributed by atoms with van der Waals surface area (Å²) in [5, 5.41) is 10.2. The van der Waals surface area contributed by atoms with E-state index in [1.165, 1.54) is 24.1 Å². The normalized spacial score (nSPS) is 11.4. The number of benzene rings is 1. The molecule has 0 aliphatic rings. The fourth-order valence-corrected chi connectivity index (χ4v) is 2.82. The molecule has 0 amide bonds. The summed E-state index contributed by atoms with van der Waals surface area (Å²) in [6, 6.07) is 5.44. The zero-order valence-corrected chi connectivity index (χ0v) is 12.7. The summed E-state index contributed by atoms with van der Waals surface area (Å²) in [5.41, 5.74) is 3.95. The zero-order valence-electron chi connectivity index (χ0n) is 12.7. The van der Waals surface area contributed by atoms with E-state index in [-0.39, 0.29) is 0 Å². The Morgan fingerprint density at radius 3 is 2.45 bits per heavy atom. The second-order valence-electron chi connectivity index (χ2n) is 5.54. The van der Waals surface area contributed by atoms with Crippen LogP contribution < -0.4 is 0 Å². The molecule has 1 N–H and O–H groups in total. The van der Waals surface area contributed by atoms with Crippen molar-refractivity contribution in [2.75, 3.05) is 0 Å². The van der Waals surface area contributed by atoms with Gasteiger partial charge < -0.3 is 9.67 Å². The van der Waals surface area contributed by atoms with Gasteiger partial charge in [0.1, 0.15) is 0 Å². The third-order valence-corrected chi connectivity index (χ3v) is 4.48. The van der Waals surface area contributed by atoms with Gasteiger partial charge in [-0.3, -0.25) is 0 Å². The first-order chi connectivity index (χ1) is 9.49. The number of carbonyl (C=O) groups is 1. The molecular formula is C17H23NO2. The Kier molecular flexibility index (Phi) is 4.17. The Morgan fingerprint density at radius 1 is 1.25 bits per heavy atom. The van der Waals surface area contributed by atoms with Gasteiger partial charge in [-0.1, -0.05) is 26.7 Å². The van der Waals surface area contributed by atoms with Crippen LogP contribution in [0.1, 0.15) is 48.3 Å². The minimum atomic E-state index is -0.864. The van der Waals surface area contributed by atoms with Crippen molar-refractivity contribution >= 4 is 16.9 Å². The molecule has 0 aliphatic heterocycles. The minimum absolute atomic E-state index is 0.361. The standard InChI is InChI=1S/C17H23NO2/c1-5-13(6-2)10-18-12(4)11(3)15-9-14(17(19)20)7-8-16(15)18/h7-9,13H,5-6,10H2,1-4H3,(H,19,20). The molecule has 0 spiro atoms. The monoisotopic (exact) mass is 273 g/mol. The van der Waals surface area contributed by atoms with Gasteiger partial charge in [0.15, 0.2) is 0 Å². The maximum atomic E-state index is 11.1. The number of nitrogens with zero attached hydrogens (tertiary/aromatic N) is 1. The Balaban J connectivity index is 2.55. The largest absolute Gasteiger partial charge is 0.478 e. The van der Waals surface area contributed by atoms with Crippen molar-refractivity contribution in [2.24, 2.45) is 5.92 Å². The summed E-state index contributed by atoms with van der Waals surface area (Å²) in [6.45, 7) is 9.66. The molecule has 0 unspecified atom stereocenters. The molecule has 0 bridgehead atoms. The summed E-state index contributed by atoms with van der Waals surface area (Å²) in [7, 11) is 0. The Morgan fingerprint density at radius 2 is 1.90 bits per heavy atom. The van der Waals surface area contributed by atoms with E-state index in [1.54, 1.807) is 12.1 Å². The van der Waals surface area contributed by atoms with Crippen molar-refractivity contribution < 1.29 is 9.90 Å². The lowest BCUT2D eigenvalue weighted by molar-refractivity contribution is 0.0697. The van der Waals surface area contributed by atoms with Crippen molar-refractivity contribution in [3.63, 3.8) is 0 Å². The molecule has 1 aromatic carbocycles. The van der Waals surface area contributed by atoms with E-state index >= 15 is 0 Å². The van der Waals surface area contributed by atoms with Crippen LogP contribution in [0.25, 0.3) is 10.9 Å². The average Bonchev–Trinajstić information content (AvgIpc) is 2.68. The van der Waals surface area contributed by atoms with Crippen LogP contribution in [-0.4, -0.2) is 15.6 Å². The highest BCUT2D eigenvalue weighted by atomic mass is 16.4. The maximum absolute atomic E-state index is 11.1. The van der Waals surface area contributed by atoms with Crippen LogP contribution in [0.5, 0.6) is 0 Å². The highest BCUT2D eigenvalue weighted by Crippen LogP contribution is 2.28. The van der Waals surface area contributed by atoms with Gasteiger partial charge in [-0.25, -0.2) is 4.79 Å². The quantitative estimate of drug-likeness (QED) is 0.877. The van der Waals surface area contributed by atoms with E-state index < -0.39 is 5.97 Å². The number of hydrogen-bond acceptors (Lipinski definition) is 1. The highest BCUT2D eigenvalue weighted by molar-refractivity contribution is 5.95. The molecule has 2 rings (SSSR count). The van der Waals surface area contributed by atoms with Crippen LogP contribution in [0.15, 0.2) is 18.2 Å². The maximum Gasteiger partial charge on any atom is 0.335 e. The number of aryl methyl sites for hydroxylation is 1. The molecule has 0 saturated carbocycles. The molecule has 0 atom stereocenters. The van der Waals surface area contributed by atoms with Crippen molar-refractivity contribution in [1.82, 2.24) is 4.57 Å². The van der Waals surface area contributed by atoms with Gasteiger partial charge in [0, 0.05) is 23.1 Å². The molecule has 3 nitrogen and oxygen atoms in total. The predicted octanol–water partition coefficient (Wildman–Crippen LogP) is 4.39. The van der Waals surface area contributed by atoms with Gasteiger partial charge in [0.2, 0.25) is 0 Å². The third-order valence-electron chi connectivity index (χ3n) is 4.48. The van der Waals surface area contributed by atoms with Crippen molar-refractivity contribution in [3.05, 3.63) is 35.0 Å². The van der Waals surface area contributed by atoms with E-state index in [9.17, 15) is 4.79 Å². The average molecular weight is 273 g/mol. The Bertz CT molecular complexity index is 636. The van der Waals surface area contributed by atoms with Gasteiger partial charge in [-0.05, 0) is 43.5 Å². The SMILES string of the molecule is CCC(CC)Cn1c(C)c(C)c2cc(C(=O)O)ccc21. The number of fused-ring (bicyclic) bond motifs is 1. The van der Waals surface area contributed by atoms with Crippen molar-refractivity contribution in [1.29, 1.82) is 0 Å². The van der Waals surface area contributed by atoms with Crippen LogP contribution in [0.3, 0.4) is 0 Å². The number of rotatable bonds is 5. The number of aromatic carboxylic acids is 1. The van der Waals surface area contributed by atoms with E-state index in [1.807, 2.05) is 6.07 Å². The van der Waals surface area contributed by atoms with Crippen molar-refractivity contribution in [2.45, 2.75) is 47.1 Å². The van der Waals surface area contributed by atoms with Crippen molar-refractivity contribution in [3.8, 4) is 0 Å². The number of carboxylic acids is 1. The smallest absolute Gasteiger partial charge is 0.335 e. The molecule has 0 aliphatic carbocycles. The molecule has 0 radical (unpaired) electrons. The molecule has 108 valence electrons. The van der Waals surface area contributed by atoms with Gasteiger partial charge in [0.05, 0.1) is 5.56 Å². The summed E-state index contributed by atoms with van der Waals surface area (Å²) < 4.78 is 2.34. The van der Waals surface area contributed by atoms with Gasteiger partial charge >= 0.3 is 5.97 Å². The fraction of sp³-hybridized carbons (Fsp3) is 0.471. The molecule has 3 heteroatoms. The number of aromatic nitrogens is 1. The van der Waals surface area contributed by atoms with Gasteiger partial charge in [-0.15, -0.1) is 0 Å². The molecule has 0 saturated heterocycles. The van der Waals surface area contributed by atoms with E-state index in [2.05, 4.69) is 32.3 Å². The van der Waals surface area contributed by atoms with Crippen LogP contribution in [0, 0.1) is 19.8 Å². The van der Waals surface area contributed by atoms with Crippen LogP contribution in [0.4, 0.5) is 0 Å². The van der Waals surface area contributed by atoms with Gasteiger partial charge in [0.25, 0.3) is 0 Å². The minimum Gasteiger partial charge on any atom is -0.478 e.